The molecule has 0 bridgehead atoms. The van der Waals surface area contributed by atoms with Gasteiger partial charge in [0.25, 0.3) is 0 Å². The van der Waals surface area contributed by atoms with E-state index in [4.69, 9.17) is 5.11 Å². The molecule has 0 saturated heterocycles. The molecule has 0 aromatic carbocycles. The van der Waals surface area contributed by atoms with Crippen LogP contribution < -0.4 is 56.5 Å². The summed E-state index contributed by atoms with van der Waals surface area (Å²) in [6.45, 7) is 6.44. The first-order valence-electron chi connectivity index (χ1n) is 3.72. The molecule has 0 heterocycles. The van der Waals surface area contributed by atoms with Crippen LogP contribution in [0.4, 0.5) is 0 Å². The van der Waals surface area contributed by atoms with Crippen molar-refractivity contribution in [2.24, 2.45) is 11.8 Å². The summed E-state index contributed by atoms with van der Waals surface area (Å²) in [5, 5.41) is 17.6. The average Bonchev–Trinajstić information content (AvgIpc) is 1.88. The molecule has 0 aliphatic heterocycles. The Bertz CT molecular complexity index is 136. The molecule has 0 fully saturated rings. The van der Waals surface area contributed by atoms with Crippen molar-refractivity contribution in [3.8, 4) is 0 Å². The number of hydrogen-bond donors (Lipinski definition) is 1. The molecular formula is C8H15KO4. The third kappa shape index (κ3) is 19.1. The summed E-state index contributed by atoms with van der Waals surface area (Å²) in [4.78, 5) is 19.3. The van der Waals surface area contributed by atoms with Crippen molar-refractivity contribution in [2.45, 2.75) is 27.7 Å². The number of carboxylic acid groups (broad SMARTS) is 2. The largest absolute Gasteiger partial charge is 1.00 e. The summed E-state index contributed by atoms with van der Waals surface area (Å²) in [7, 11) is 0. The zero-order valence-corrected chi connectivity index (χ0v) is 11.9. The molecule has 0 saturated carbocycles. The van der Waals surface area contributed by atoms with Gasteiger partial charge in [-0.1, -0.05) is 27.7 Å². The number of aliphatic carboxylic acids is 2. The van der Waals surface area contributed by atoms with Gasteiger partial charge in [-0.05, 0) is 5.92 Å². The Hall–Kier alpha value is 0.576. The molecule has 5 heteroatoms. The molecule has 0 radical (unpaired) electrons. The van der Waals surface area contributed by atoms with Gasteiger partial charge < -0.3 is 15.0 Å². The minimum atomic E-state index is -0.991. The fourth-order valence-electron chi connectivity index (χ4n) is 0. The Kier molecular flexibility index (Phi) is 15.7. The van der Waals surface area contributed by atoms with E-state index in [0.29, 0.717) is 0 Å². The van der Waals surface area contributed by atoms with Gasteiger partial charge in [-0.15, -0.1) is 0 Å². The smallest absolute Gasteiger partial charge is 0.550 e. The van der Waals surface area contributed by atoms with E-state index in [1.54, 1.807) is 27.7 Å². The van der Waals surface area contributed by atoms with E-state index in [2.05, 4.69) is 0 Å². The van der Waals surface area contributed by atoms with E-state index < -0.39 is 11.9 Å². The second-order valence-corrected chi connectivity index (χ2v) is 2.97. The fourth-order valence-corrected chi connectivity index (χ4v) is 0. The fraction of sp³-hybridized carbons (Fsp3) is 0.750. The monoisotopic (exact) mass is 214 g/mol. The maximum atomic E-state index is 9.70. The Morgan fingerprint density at radius 2 is 1.23 bits per heavy atom. The molecule has 0 aromatic rings. The number of rotatable bonds is 2. The van der Waals surface area contributed by atoms with E-state index in [0.717, 1.165) is 0 Å². The molecule has 0 atom stereocenters. The van der Waals surface area contributed by atoms with Gasteiger partial charge in [0.05, 0.1) is 5.92 Å². The number of hydrogen-bond acceptors (Lipinski definition) is 3. The SMILES string of the molecule is CC(C)C(=O)O.CC(C)C(=O)[O-].[K+]. The molecule has 0 aromatic heterocycles. The summed E-state index contributed by atoms with van der Waals surface area (Å²) in [5.41, 5.74) is 0. The van der Waals surface area contributed by atoms with Crippen LogP contribution in [0.5, 0.6) is 0 Å². The number of carbonyl (C=O) groups excluding carboxylic acids is 1. The van der Waals surface area contributed by atoms with Crippen LogP contribution in [-0.4, -0.2) is 17.0 Å². The van der Waals surface area contributed by atoms with Crippen LogP contribution in [0.2, 0.25) is 0 Å². The zero-order chi connectivity index (χ0) is 10.3. The van der Waals surface area contributed by atoms with Gasteiger partial charge in [-0.3, -0.25) is 4.79 Å². The number of carbonyl (C=O) groups is 2. The zero-order valence-electron chi connectivity index (χ0n) is 8.83. The Morgan fingerprint density at radius 3 is 1.23 bits per heavy atom. The molecule has 0 unspecified atom stereocenters. The van der Waals surface area contributed by atoms with E-state index in [1.165, 1.54) is 0 Å². The predicted molar refractivity (Wildman–Crippen MR) is 42.3 cm³/mol. The Labute approximate surface area is 121 Å². The standard InChI is InChI=1S/2C4H8O2.K/c2*1-3(2)4(5)6;/h2*3H,1-2H3,(H,5,6);/q;;+1/p-1. The quantitative estimate of drug-likeness (QED) is 0.501. The van der Waals surface area contributed by atoms with Gasteiger partial charge in [0, 0.05) is 5.97 Å². The summed E-state index contributed by atoms with van der Waals surface area (Å²) < 4.78 is 0. The third-order valence-electron chi connectivity index (χ3n) is 0.965. The van der Waals surface area contributed by atoms with Crippen molar-refractivity contribution in [1.29, 1.82) is 0 Å². The van der Waals surface area contributed by atoms with Crippen LogP contribution in [0.1, 0.15) is 27.7 Å². The van der Waals surface area contributed by atoms with Crippen molar-refractivity contribution in [3.63, 3.8) is 0 Å². The minimum absolute atomic E-state index is 0. The van der Waals surface area contributed by atoms with Crippen molar-refractivity contribution < 1.29 is 71.2 Å². The van der Waals surface area contributed by atoms with Crippen molar-refractivity contribution >= 4 is 11.9 Å². The molecular weight excluding hydrogens is 199 g/mol. The number of carboxylic acids is 2. The molecule has 72 valence electrons. The van der Waals surface area contributed by atoms with Crippen LogP contribution in [0.3, 0.4) is 0 Å². The molecule has 1 N–H and O–H groups in total. The first-order chi connectivity index (χ1) is 5.29. The molecule has 0 spiro atoms. The minimum Gasteiger partial charge on any atom is -0.550 e. The Morgan fingerprint density at radius 1 is 1.08 bits per heavy atom. The normalized spacial score (nSPS) is 8.46. The molecule has 0 amide bonds. The van der Waals surface area contributed by atoms with E-state index in [9.17, 15) is 14.7 Å². The molecule has 0 aliphatic rings. The van der Waals surface area contributed by atoms with Crippen LogP contribution in [0.15, 0.2) is 0 Å². The Balaban J connectivity index is -0.000000143. The predicted octanol–water partition coefficient (Wildman–Crippen LogP) is -2.88. The topological polar surface area (TPSA) is 77.4 Å². The van der Waals surface area contributed by atoms with Crippen LogP contribution in [0, 0.1) is 11.8 Å². The maximum Gasteiger partial charge on any atom is 1.00 e. The van der Waals surface area contributed by atoms with Gasteiger partial charge >= 0.3 is 57.4 Å². The maximum absolute atomic E-state index is 9.70. The van der Waals surface area contributed by atoms with Crippen molar-refractivity contribution in [2.75, 3.05) is 0 Å². The second kappa shape index (κ2) is 10.7. The molecule has 0 rings (SSSR count). The van der Waals surface area contributed by atoms with Crippen LogP contribution >= 0.6 is 0 Å². The third-order valence-corrected chi connectivity index (χ3v) is 0.965. The van der Waals surface area contributed by atoms with E-state index >= 15 is 0 Å². The van der Waals surface area contributed by atoms with Crippen LogP contribution in [0.25, 0.3) is 0 Å². The van der Waals surface area contributed by atoms with Gasteiger partial charge in [-0.25, -0.2) is 0 Å². The summed E-state index contributed by atoms with van der Waals surface area (Å²) in [6, 6.07) is 0. The van der Waals surface area contributed by atoms with E-state index in [1.807, 2.05) is 0 Å². The second-order valence-electron chi connectivity index (χ2n) is 2.97. The van der Waals surface area contributed by atoms with Gasteiger partial charge in [-0.2, -0.15) is 0 Å². The van der Waals surface area contributed by atoms with E-state index in [-0.39, 0.29) is 63.2 Å². The van der Waals surface area contributed by atoms with Crippen molar-refractivity contribution in [3.05, 3.63) is 0 Å². The summed E-state index contributed by atoms with van der Waals surface area (Å²) in [5.74, 6) is -2.31. The summed E-state index contributed by atoms with van der Waals surface area (Å²) in [6.07, 6.45) is 0. The molecule has 0 aliphatic carbocycles. The molecule has 13 heavy (non-hydrogen) atoms. The van der Waals surface area contributed by atoms with Crippen molar-refractivity contribution in [1.82, 2.24) is 0 Å². The first kappa shape index (κ1) is 19.2. The van der Waals surface area contributed by atoms with Gasteiger partial charge in [0.2, 0.25) is 0 Å². The average molecular weight is 214 g/mol. The summed E-state index contributed by atoms with van der Waals surface area (Å²) >= 11 is 0. The van der Waals surface area contributed by atoms with Gasteiger partial charge in [0.15, 0.2) is 0 Å². The van der Waals surface area contributed by atoms with Crippen LogP contribution in [-0.2, 0) is 9.59 Å². The molecule has 4 nitrogen and oxygen atoms in total. The van der Waals surface area contributed by atoms with Gasteiger partial charge in [0.1, 0.15) is 0 Å². The first-order valence-corrected chi connectivity index (χ1v) is 3.72.